The first-order valence-electron chi connectivity index (χ1n) is 6.59. The lowest BCUT2D eigenvalue weighted by molar-refractivity contribution is -0.138. The highest BCUT2D eigenvalue weighted by Crippen LogP contribution is 2.40. The Kier molecular flexibility index (Phi) is 3.70. The number of nitrogens with zero attached hydrogens (tertiary/aromatic N) is 4. The van der Waals surface area contributed by atoms with Crippen LogP contribution in [0.25, 0.3) is 0 Å². The fraction of sp³-hybridized carbons (Fsp3) is 0.545. The average molecular weight is 348 g/mol. The van der Waals surface area contributed by atoms with Gasteiger partial charge in [0.15, 0.2) is 5.82 Å². The molecule has 1 aliphatic carbocycles. The van der Waals surface area contributed by atoms with Crippen molar-refractivity contribution in [3.05, 3.63) is 16.7 Å². The highest BCUT2D eigenvalue weighted by atomic mass is 32.1. The van der Waals surface area contributed by atoms with E-state index in [4.69, 9.17) is 4.52 Å². The summed E-state index contributed by atoms with van der Waals surface area (Å²) in [4.78, 5) is 16.1. The van der Waals surface area contributed by atoms with E-state index in [1.165, 1.54) is 0 Å². The van der Waals surface area contributed by atoms with E-state index in [-0.39, 0.29) is 16.5 Å². The fourth-order valence-corrected chi connectivity index (χ4v) is 2.77. The van der Waals surface area contributed by atoms with Crippen LogP contribution < -0.4 is 10.6 Å². The number of hydrogen-bond donors (Lipinski definition) is 2. The highest BCUT2D eigenvalue weighted by molar-refractivity contribution is 7.15. The van der Waals surface area contributed by atoms with Crippen LogP contribution >= 0.6 is 11.3 Å². The lowest BCUT2D eigenvalue weighted by Gasteiger charge is -2.39. The first-order valence-corrected chi connectivity index (χ1v) is 7.41. The van der Waals surface area contributed by atoms with Gasteiger partial charge < -0.3 is 9.84 Å². The van der Waals surface area contributed by atoms with Gasteiger partial charge in [0.2, 0.25) is 16.0 Å². The molecular weight excluding hydrogens is 337 g/mol. The number of rotatable bonds is 3. The Balaban J connectivity index is 1.68. The molecule has 0 spiro atoms. The monoisotopic (exact) mass is 348 g/mol. The molecule has 8 nitrogen and oxygen atoms in total. The molecule has 0 bridgehead atoms. The Morgan fingerprint density at radius 2 is 2.09 bits per heavy atom. The van der Waals surface area contributed by atoms with Gasteiger partial charge in [-0.05, 0) is 19.3 Å². The molecule has 2 heterocycles. The van der Waals surface area contributed by atoms with Crippen LogP contribution in [0.3, 0.4) is 0 Å². The molecule has 1 saturated carbocycles. The number of carbonyl (C=O) groups is 1. The van der Waals surface area contributed by atoms with Gasteiger partial charge in [0, 0.05) is 6.92 Å². The van der Waals surface area contributed by atoms with Crippen molar-refractivity contribution in [2.24, 2.45) is 0 Å². The van der Waals surface area contributed by atoms with E-state index in [9.17, 15) is 18.0 Å². The van der Waals surface area contributed by atoms with Gasteiger partial charge in [-0.1, -0.05) is 16.5 Å². The third-order valence-electron chi connectivity index (χ3n) is 3.40. The number of urea groups is 1. The van der Waals surface area contributed by atoms with Crippen LogP contribution in [0, 0.1) is 6.92 Å². The van der Waals surface area contributed by atoms with Crippen LogP contribution in [-0.2, 0) is 11.7 Å². The maximum atomic E-state index is 12.4. The molecule has 0 aromatic carbocycles. The van der Waals surface area contributed by atoms with E-state index >= 15 is 0 Å². The normalized spacial score (nSPS) is 16.7. The summed E-state index contributed by atoms with van der Waals surface area (Å²) in [6.45, 7) is 1.63. The molecule has 1 aliphatic rings. The Labute approximate surface area is 131 Å². The van der Waals surface area contributed by atoms with Gasteiger partial charge >= 0.3 is 12.2 Å². The maximum Gasteiger partial charge on any atom is 0.445 e. The molecule has 0 aliphatic heterocycles. The summed E-state index contributed by atoms with van der Waals surface area (Å²) in [6, 6.07) is -0.697. The van der Waals surface area contributed by atoms with Crippen molar-refractivity contribution in [1.82, 2.24) is 25.7 Å². The van der Waals surface area contributed by atoms with Crippen LogP contribution in [0.15, 0.2) is 4.52 Å². The average Bonchev–Trinajstić information content (AvgIpc) is 3.02. The quantitative estimate of drug-likeness (QED) is 0.882. The third-order valence-corrected chi connectivity index (χ3v) is 4.29. The molecule has 0 unspecified atom stereocenters. The van der Waals surface area contributed by atoms with Crippen LogP contribution in [0.1, 0.15) is 36.0 Å². The summed E-state index contributed by atoms with van der Waals surface area (Å²) in [5, 5.41) is 13.7. The number of halogens is 3. The number of aromatic nitrogens is 4. The molecule has 2 N–H and O–H groups in total. The van der Waals surface area contributed by atoms with Gasteiger partial charge in [-0.25, -0.2) is 4.79 Å². The molecule has 0 saturated heterocycles. The Hall–Kier alpha value is -2.24. The van der Waals surface area contributed by atoms with Gasteiger partial charge in [0.25, 0.3) is 0 Å². The molecule has 23 heavy (non-hydrogen) atoms. The number of hydrogen-bond acceptors (Lipinski definition) is 7. The lowest BCUT2D eigenvalue weighted by Crippen LogP contribution is -2.52. The number of anilines is 1. The van der Waals surface area contributed by atoms with Crippen molar-refractivity contribution < 1.29 is 22.5 Å². The van der Waals surface area contributed by atoms with Gasteiger partial charge in [-0.2, -0.15) is 18.2 Å². The molecule has 2 aromatic rings. The van der Waals surface area contributed by atoms with Crippen molar-refractivity contribution >= 4 is 22.5 Å². The van der Waals surface area contributed by atoms with Crippen molar-refractivity contribution in [2.45, 2.75) is 37.9 Å². The summed E-state index contributed by atoms with van der Waals surface area (Å²) < 4.78 is 42.3. The van der Waals surface area contributed by atoms with Crippen LogP contribution in [-0.4, -0.2) is 26.4 Å². The summed E-state index contributed by atoms with van der Waals surface area (Å²) in [5.74, 6) is 0.720. The number of aryl methyl sites for hydroxylation is 1. The van der Waals surface area contributed by atoms with Crippen molar-refractivity contribution in [3.8, 4) is 0 Å². The summed E-state index contributed by atoms with van der Waals surface area (Å²) in [5.41, 5.74) is -0.764. The van der Waals surface area contributed by atoms with Gasteiger partial charge in [-0.3, -0.25) is 5.32 Å². The van der Waals surface area contributed by atoms with Gasteiger partial charge in [-0.15, -0.1) is 10.2 Å². The predicted molar refractivity (Wildman–Crippen MR) is 71.6 cm³/mol. The largest absolute Gasteiger partial charge is 0.445 e. The Morgan fingerprint density at radius 1 is 1.35 bits per heavy atom. The summed E-state index contributed by atoms with van der Waals surface area (Å²) >= 11 is 0.251. The summed E-state index contributed by atoms with van der Waals surface area (Å²) in [7, 11) is 0. The van der Waals surface area contributed by atoms with E-state index in [2.05, 4.69) is 31.0 Å². The molecular formula is C11H11F3N6O2S. The predicted octanol–water partition coefficient (Wildman–Crippen LogP) is 2.45. The molecule has 12 heteroatoms. The number of alkyl halides is 3. The van der Waals surface area contributed by atoms with E-state index in [1.807, 2.05) is 0 Å². The van der Waals surface area contributed by atoms with Gasteiger partial charge in [0.1, 0.15) is 5.54 Å². The first-order chi connectivity index (χ1) is 10.8. The lowest BCUT2D eigenvalue weighted by atomic mass is 9.76. The minimum Gasteiger partial charge on any atom is -0.340 e. The van der Waals surface area contributed by atoms with E-state index in [0.717, 1.165) is 6.42 Å². The topological polar surface area (TPSA) is 106 Å². The summed E-state index contributed by atoms with van der Waals surface area (Å²) in [6.07, 6.45) is -2.50. The molecule has 124 valence electrons. The molecule has 1 fully saturated rings. The molecule has 2 aromatic heterocycles. The molecule has 0 atom stereocenters. The smallest absolute Gasteiger partial charge is 0.340 e. The van der Waals surface area contributed by atoms with Crippen LogP contribution in [0.4, 0.5) is 23.1 Å². The molecule has 0 radical (unpaired) electrons. The minimum absolute atomic E-state index is 0.242. The Morgan fingerprint density at radius 3 is 2.57 bits per heavy atom. The molecule has 2 amide bonds. The number of amides is 2. The first kappa shape index (κ1) is 15.6. The zero-order chi connectivity index (χ0) is 16.7. The second-order valence-corrected chi connectivity index (χ2v) is 6.04. The van der Waals surface area contributed by atoms with Crippen LogP contribution in [0.2, 0.25) is 0 Å². The highest BCUT2D eigenvalue weighted by Gasteiger charge is 2.44. The zero-order valence-electron chi connectivity index (χ0n) is 11.8. The van der Waals surface area contributed by atoms with Crippen molar-refractivity contribution in [1.29, 1.82) is 0 Å². The maximum absolute atomic E-state index is 12.4. The minimum atomic E-state index is -4.59. The van der Waals surface area contributed by atoms with E-state index in [0.29, 0.717) is 24.6 Å². The standard InChI is InChI=1S/C11H11F3N6O2S/c1-5-15-6(20-22-5)10(3-2-4-10)17-8(21)16-9-19-18-7(23-9)11(12,13)14/h2-4H2,1H3,(H2,16,17,19,21). The van der Waals surface area contributed by atoms with Crippen molar-refractivity contribution in [2.75, 3.05) is 5.32 Å². The molecule has 3 rings (SSSR count). The second kappa shape index (κ2) is 5.44. The number of carbonyl (C=O) groups excluding carboxylic acids is 1. The SMILES string of the molecule is Cc1nc(C2(NC(=O)Nc3nnc(C(F)(F)F)s3)CCC2)no1. The van der Waals surface area contributed by atoms with Gasteiger partial charge in [0.05, 0.1) is 0 Å². The zero-order valence-corrected chi connectivity index (χ0v) is 12.6. The van der Waals surface area contributed by atoms with E-state index in [1.54, 1.807) is 6.92 Å². The number of nitrogens with one attached hydrogen (secondary N) is 2. The van der Waals surface area contributed by atoms with Crippen LogP contribution in [0.5, 0.6) is 0 Å². The van der Waals surface area contributed by atoms with E-state index < -0.39 is 22.8 Å². The Bertz CT molecular complexity index is 723. The second-order valence-electron chi connectivity index (χ2n) is 5.06. The third kappa shape index (κ3) is 3.11. The van der Waals surface area contributed by atoms with Crippen molar-refractivity contribution in [3.63, 3.8) is 0 Å². The fourth-order valence-electron chi connectivity index (χ4n) is 2.16.